The molecule has 3 aromatic carbocycles. The molecule has 0 radical (unpaired) electrons. The van der Waals surface area contributed by atoms with Crippen LogP contribution in [0.1, 0.15) is 100 Å². The number of carboxylic acid groups (broad SMARTS) is 1. The number of aromatic nitrogens is 1. The van der Waals surface area contributed by atoms with Crippen LogP contribution in [0, 0.1) is 18.3 Å². The summed E-state index contributed by atoms with van der Waals surface area (Å²) in [5, 5.41) is 23.7. The average Bonchev–Trinajstić information content (AvgIpc) is 4.14. The van der Waals surface area contributed by atoms with Gasteiger partial charge < -0.3 is 51.4 Å². The molecule has 0 aliphatic carbocycles. The lowest BCUT2D eigenvalue weighted by Gasteiger charge is -2.35. The van der Waals surface area contributed by atoms with Gasteiger partial charge in [0.1, 0.15) is 18.7 Å². The molecular weight excluding hydrogens is 1010 g/mol. The molecule has 8 N–H and O–H groups in total. The number of hydrogen-bond acceptors (Lipinski definition) is 14. The number of nitrogens with one attached hydrogen (secondary N) is 2. The number of rotatable bonds is 24. The molecule has 4 aromatic rings. The van der Waals surface area contributed by atoms with E-state index in [-0.39, 0.29) is 88.4 Å². The number of aliphatic hydroxyl groups excluding tert-OH is 1. The van der Waals surface area contributed by atoms with Crippen LogP contribution in [0.5, 0.6) is 0 Å². The van der Waals surface area contributed by atoms with E-state index in [2.05, 4.69) is 15.6 Å². The van der Waals surface area contributed by atoms with E-state index in [1.54, 1.807) is 16.2 Å². The van der Waals surface area contributed by atoms with Gasteiger partial charge in [-0.1, -0.05) is 87.5 Å². The number of β-amino-alcohol motifs (C(OH)–C–C–N with tert-alkyl or cyclic N) is 1. The number of carboxylic acids is 1. The smallest absolute Gasteiger partial charge is 0.300 e. The normalized spacial score (nSPS) is 19.0. The van der Waals surface area contributed by atoms with Gasteiger partial charge in [-0.15, -0.1) is 11.3 Å². The first-order valence-corrected chi connectivity index (χ1v) is 27.1. The minimum absolute atomic E-state index is 0.0286. The first kappa shape index (κ1) is 59.8. The number of nitrogens with two attached hydrogens (primary N) is 2. The Bertz CT molecular complexity index is 2690. The number of aliphatic hydroxyl groups is 1. The molecule has 5 amide bonds. The molecule has 3 aliphatic heterocycles. The fourth-order valence-electron chi connectivity index (χ4n) is 9.86. The summed E-state index contributed by atoms with van der Waals surface area (Å²) in [6, 6.07) is 18.5. The van der Waals surface area contributed by atoms with Crippen LogP contribution in [0.3, 0.4) is 0 Å². The molecule has 7 rings (SSSR count). The fourth-order valence-corrected chi connectivity index (χ4v) is 10.7. The summed E-state index contributed by atoms with van der Waals surface area (Å²) in [4.78, 5) is 97.2. The van der Waals surface area contributed by atoms with Crippen LogP contribution in [0.15, 0.2) is 72.2 Å². The van der Waals surface area contributed by atoms with Crippen LogP contribution in [0.25, 0.3) is 10.4 Å². The van der Waals surface area contributed by atoms with E-state index in [1.165, 1.54) is 4.90 Å². The van der Waals surface area contributed by atoms with Crippen molar-refractivity contribution in [2.24, 2.45) is 22.8 Å². The van der Waals surface area contributed by atoms with Crippen LogP contribution in [0.2, 0.25) is 0 Å². The molecule has 1 fully saturated rings. The number of amides is 5. The highest BCUT2D eigenvalue weighted by molar-refractivity contribution is 7.13. The van der Waals surface area contributed by atoms with Crippen molar-refractivity contribution >= 4 is 58.3 Å². The van der Waals surface area contributed by atoms with Crippen LogP contribution in [-0.4, -0.2) is 131 Å². The van der Waals surface area contributed by atoms with Crippen LogP contribution < -0.4 is 27.0 Å². The van der Waals surface area contributed by atoms with Gasteiger partial charge >= 0.3 is 0 Å². The van der Waals surface area contributed by atoms with Gasteiger partial charge in [-0.2, -0.15) is 0 Å². The SMILES string of the molecule is CC(=O)O.Cc1ncsc1-c1ccc(CNC(=O)[C@@H]2C[C@@H](O)CN2C(=O)[C@@H](NC(=O)COCCOCCc2ccc(CO[C@H](C)[C@H](CCC(N)=O)CC(=O)[C@@H]3Cc4cccc5c4N3C(=O)[C@@H](N)CC5)cc2)C(C)(C)C)cc1. The topological polar surface area (TPSA) is 283 Å². The van der Waals surface area contributed by atoms with E-state index < -0.39 is 59.4 Å². The summed E-state index contributed by atoms with van der Waals surface area (Å²) in [6.07, 6.45) is 1.68. The number of benzene rings is 3. The minimum Gasteiger partial charge on any atom is -0.481 e. The number of para-hydroxylation sites is 1. The van der Waals surface area contributed by atoms with E-state index >= 15 is 0 Å². The Morgan fingerprint density at radius 2 is 1.58 bits per heavy atom. The molecule has 77 heavy (non-hydrogen) atoms. The number of Topliss-reactive ketones (excluding diaryl/α,β-unsaturated/α-hetero) is 1. The third-order valence-electron chi connectivity index (χ3n) is 14.1. The predicted octanol–water partition coefficient (Wildman–Crippen LogP) is 4.57. The second-order valence-electron chi connectivity index (χ2n) is 21.1. The largest absolute Gasteiger partial charge is 0.481 e. The van der Waals surface area contributed by atoms with Crippen molar-refractivity contribution in [3.8, 4) is 10.4 Å². The van der Waals surface area contributed by atoms with E-state index in [9.17, 15) is 33.9 Å². The van der Waals surface area contributed by atoms with E-state index in [0.29, 0.717) is 38.7 Å². The molecule has 7 atom stereocenters. The van der Waals surface area contributed by atoms with Crippen LogP contribution in [-0.2, 0) is 80.2 Å². The quantitative estimate of drug-likeness (QED) is 0.0525. The average molecular weight is 1080 g/mol. The molecule has 0 spiro atoms. The van der Waals surface area contributed by atoms with E-state index in [4.69, 9.17) is 35.6 Å². The number of ketones is 1. The molecule has 20 heteroatoms. The number of ether oxygens (including phenoxy) is 3. The van der Waals surface area contributed by atoms with E-state index in [1.807, 2.05) is 107 Å². The Balaban J connectivity index is 0.00000232. The zero-order chi connectivity index (χ0) is 56.0. The number of likely N-dealkylation sites (tertiary alicyclic amines) is 1. The molecule has 0 saturated carbocycles. The standard InChI is InChI=1S/C55H71N7O10S.C2H4O2/c1-33-50(73-32-59-33)39-15-13-36(14-16-39)28-58-52(67)45-27-42(63)29-61(45)54(69)51(55(3,4)5)60-48(66)31-71-24-23-70-22-21-35-9-11-37(12-10-35)30-72-34(2)40(18-20-47(57)65)26-46(64)44-25-41-8-6-7-38-17-19-43(56)53(68)62(44)49(38)41;1-2(3)4/h6-16,32,34,40,42-45,51,63H,17-31,56H2,1-5H3,(H2,57,65)(H,58,67)(H,60,66);1H3,(H,3,4)/t34-,40-,42-,43+,44+,45+,51-;/m1./s1. The first-order valence-electron chi connectivity index (χ1n) is 26.2. The number of aliphatic carboxylic acids is 1. The summed E-state index contributed by atoms with van der Waals surface area (Å²) < 4.78 is 17.7. The first-order chi connectivity index (χ1) is 36.6. The molecular formula is C57H75N7O12S. The molecule has 3 aliphatic rings. The van der Waals surface area contributed by atoms with Crippen molar-refractivity contribution in [3.63, 3.8) is 0 Å². The summed E-state index contributed by atoms with van der Waals surface area (Å²) in [6.45, 7) is 11.4. The summed E-state index contributed by atoms with van der Waals surface area (Å²) >= 11 is 1.57. The number of hydrogen-bond donors (Lipinski definition) is 6. The van der Waals surface area contributed by atoms with Crippen molar-refractivity contribution in [2.45, 2.75) is 142 Å². The second kappa shape index (κ2) is 27.8. The number of nitrogens with zero attached hydrogens (tertiary/aromatic N) is 3. The van der Waals surface area contributed by atoms with Gasteiger partial charge in [0.05, 0.1) is 72.5 Å². The maximum atomic E-state index is 14.0. The van der Waals surface area contributed by atoms with Gasteiger partial charge in [-0.05, 0) is 84.2 Å². The number of carbonyl (C=O) groups is 7. The lowest BCUT2D eigenvalue weighted by atomic mass is 9.85. The molecule has 416 valence electrons. The fraction of sp³-hybridized carbons (Fsp3) is 0.509. The highest BCUT2D eigenvalue weighted by Crippen LogP contribution is 2.40. The van der Waals surface area contributed by atoms with Gasteiger partial charge in [0, 0.05) is 45.7 Å². The molecule has 4 heterocycles. The Hall–Kier alpha value is -6.42. The Labute approximate surface area is 454 Å². The van der Waals surface area contributed by atoms with Gasteiger partial charge in [-0.25, -0.2) is 4.98 Å². The van der Waals surface area contributed by atoms with Crippen molar-refractivity contribution in [2.75, 3.05) is 37.9 Å². The van der Waals surface area contributed by atoms with Crippen LogP contribution >= 0.6 is 11.3 Å². The summed E-state index contributed by atoms with van der Waals surface area (Å²) in [5.41, 5.74) is 20.6. The number of primary amides is 1. The van der Waals surface area contributed by atoms with Crippen molar-refractivity contribution in [1.82, 2.24) is 20.5 Å². The molecule has 0 bridgehead atoms. The second-order valence-corrected chi connectivity index (χ2v) is 22.0. The monoisotopic (exact) mass is 1080 g/mol. The van der Waals surface area contributed by atoms with Crippen molar-refractivity contribution in [1.29, 1.82) is 0 Å². The Kier molecular flexibility index (Phi) is 21.6. The van der Waals surface area contributed by atoms with Gasteiger partial charge in [0.2, 0.25) is 29.5 Å². The zero-order valence-electron chi connectivity index (χ0n) is 45.0. The van der Waals surface area contributed by atoms with Gasteiger partial charge in [0.25, 0.3) is 5.97 Å². The van der Waals surface area contributed by atoms with Crippen LogP contribution in [0.4, 0.5) is 5.69 Å². The maximum absolute atomic E-state index is 14.0. The number of thiazole rings is 1. The maximum Gasteiger partial charge on any atom is 0.300 e. The third kappa shape index (κ3) is 16.8. The number of anilines is 1. The minimum atomic E-state index is -0.982. The summed E-state index contributed by atoms with van der Waals surface area (Å²) in [5.74, 6) is -3.24. The highest BCUT2D eigenvalue weighted by atomic mass is 32.1. The number of aryl methyl sites for hydroxylation is 2. The lowest BCUT2D eigenvalue weighted by molar-refractivity contribution is -0.144. The van der Waals surface area contributed by atoms with E-state index in [0.717, 1.165) is 56.6 Å². The Morgan fingerprint density at radius 3 is 2.25 bits per heavy atom. The van der Waals surface area contributed by atoms with Crippen molar-refractivity contribution < 1.29 is 58.0 Å². The van der Waals surface area contributed by atoms with Gasteiger partial charge in [-0.3, -0.25) is 38.5 Å². The highest BCUT2D eigenvalue weighted by Gasteiger charge is 2.45. The molecule has 0 unspecified atom stereocenters. The van der Waals surface area contributed by atoms with Gasteiger partial charge in [0.15, 0.2) is 5.78 Å². The third-order valence-corrected chi connectivity index (χ3v) is 15.1. The molecule has 1 saturated heterocycles. The summed E-state index contributed by atoms with van der Waals surface area (Å²) in [7, 11) is 0. The predicted molar refractivity (Wildman–Crippen MR) is 290 cm³/mol. The van der Waals surface area contributed by atoms with Crippen molar-refractivity contribution in [3.05, 3.63) is 106 Å². The lowest BCUT2D eigenvalue weighted by Crippen LogP contribution is -2.58. The molecule has 19 nitrogen and oxygen atoms in total. The number of carbonyl (C=O) groups excluding carboxylic acids is 6. The zero-order valence-corrected chi connectivity index (χ0v) is 45.8. The molecule has 1 aromatic heterocycles. The Morgan fingerprint density at radius 1 is 0.922 bits per heavy atom.